The Bertz CT molecular complexity index is 1060. The highest BCUT2D eigenvalue weighted by atomic mass is 16.3. The predicted molar refractivity (Wildman–Crippen MR) is 122 cm³/mol. The summed E-state index contributed by atoms with van der Waals surface area (Å²) in [5.74, 6) is 1.97. The molecule has 4 rings (SSSR count). The maximum absolute atomic E-state index is 12.5. The highest BCUT2D eigenvalue weighted by Crippen LogP contribution is 2.12. The van der Waals surface area contributed by atoms with Gasteiger partial charge in [0.05, 0.1) is 18.5 Å². The predicted octanol–water partition coefficient (Wildman–Crippen LogP) is 2.40. The van der Waals surface area contributed by atoms with E-state index in [1.165, 1.54) is 6.26 Å². The quantitative estimate of drug-likeness (QED) is 0.489. The smallest absolute Gasteiger partial charge is 0.289 e. The second-order valence-electron chi connectivity index (χ2n) is 7.79. The molecule has 0 atom stereocenters. The van der Waals surface area contributed by atoms with Crippen molar-refractivity contribution in [3.05, 3.63) is 65.5 Å². The zero-order valence-corrected chi connectivity index (χ0v) is 18.8. The lowest BCUT2D eigenvalue weighted by Crippen LogP contribution is -2.53. The largest absolute Gasteiger partial charge is 0.459 e. The summed E-state index contributed by atoms with van der Waals surface area (Å²) in [6.07, 6.45) is 3.37. The molecular formula is C23H29N7O2. The first-order valence-corrected chi connectivity index (χ1v) is 10.9. The second kappa shape index (κ2) is 9.67. The number of rotatable bonds is 5. The number of carbonyl (C=O) groups is 1. The van der Waals surface area contributed by atoms with Gasteiger partial charge < -0.3 is 19.5 Å². The highest BCUT2D eigenvalue weighted by molar-refractivity contribution is 5.91. The Balaban J connectivity index is 1.38. The first-order chi connectivity index (χ1) is 15.5. The summed E-state index contributed by atoms with van der Waals surface area (Å²) in [5, 5.41) is 7.84. The van der Waals surface area contributed by atoms with Crippen LogP contribution in [0.25, 0.3) is 5.82 Å². The van der Waals surface area contributed by atoms with E-state index in [9.17, 15) is 4.79 Å². The Kier molecular flexibility index (Phi) is 6.53. The Morgan fingerprint density at radius 1 is 1.16 bits per heavy atom. The number of piperazine rings is 1. The molecule has 0 radical (unpaired) electrons. The van der Waals surface area contributed by atoms with Gasteiger partial charge in [0.15, 0.2) is 17.5 Å². The molecule has 0 saturated carbocycles. The first-order valence-electron chi connectivity index (χ1n) is 10.9. The molecule has 1 N–H and O–H groups in total. The van der Waals surface area contributed by atoms with E-state index in [0.29, 0.717) is 38.5 Å². The second-order valence-corrected chi connectivity index (χ2v) is 7.79. The molecule has 3 aromatic rings. The summed E-state index contributed by atoms with van der Waals surface area (Å²) >= 11 is 0. The number of hydrogen-bond donors (Lipinski definition) is 1. The Morgan fingerprint density at radius 2 is 1.94 bits per heavy atom. The summed E-state index contributed by atoms with van der Waals surface area (Å²) in [6, 6.07) is 9.47. The molecule has 1 aliphatic rings. The fraction of sp³-hybridized carbons (Fsp3) is 0.391. The average molecular weight is 436 g/mol. The minimum absolute atomic E-state index is 0.0645. The molecule has 9 nitrogen and oxygen atoms in total. The van der Waals surface area contributed by atoms with E-state index in [4.69, 9.17) is 9.41 Å². The number of aromatic nitrogens is 3. The van der Waals surface area contributed by atoms with Crippen molar-refractivity contribution >= 4 is 11.9 Å². The van der Waals surface area contributed by atoms with E-state index in [2.05, 4.69) is 27.2 Å². The van der Waals surface area contributed by atoms with Gasteiger partial charge in [-0.05, 0) is 50.6 Å². The number of nitrogens with zero attached hydrogens (tertiary/aromatic N) is 6. The van der Waals surface area contributed by atoms with Crippen LogP contribution in [-0.4, -0.2) is 69.2 Å². The van der Waals surface area contributed by atoms with Crippen LogP contribution in [0.3, 0.4) is 0 Å². The number of carbonyl (C=O) groups excluding carboxylic acids is 1. The number of guanidine groups is 1. The van der Waals surface area contributed by atoms with Crippen molar-refractivity contribution in [2.24, 2.45) is 4.99 Å². The van der Waals surface area contributed by atoms with E-state index in [1.54, 1.807) is 12.1 Å². The van der Waals surface area contributed by atoms with Crippen LogP contribution in [0, 0.1) is 13.8 Å². The van der Waals surface area contributed by atoms with Gasteiger partial charge in [0.2, 0.25) is 0 Å². The van der Waals surface area contributed by atoms with E-state index < -0.39 is 0 Å². The van der Waals surface area contributed by atoms with Crippen LogP contribution in [0.15, 0.2) is 52.2 Å². The standard InChI is InChI=1S/C23H29N7O2/c1-4-24-23(29-11-9-28(10-12-29)22(31)20-6-5-13-32-20)26-16-19-7-8-21(25-15-19)30-18(3)14-17(2)27-30/h5-8,13-15H,4,9-12,16H2,1-3H3,(H,24,26). The minimum Gasteiger partial charge on any atom is -0.459 e. The van der Waals surface area contributed by atoms with Gasteiger partial charge in [0.25, 0.3) is 5.91 Å². The maximum atomic E-state index is 12.5. The van der Waals surface area contributed by atoms with E-state index in [0.717, 1.165) is 35.3 Å². The summed E-state index contributed by atoms with van der Waals surface area (Å²) in [7, 11) is 0. The average Bonchev–Trinajstić information content (AvgIpc) is 3.46. The van der Waals surface area contributed by atoms with Crippen LogP contribution in [0.5, 0.6) is 0 Å². The normalized spacial score (nSPS) is 14.7. The summed E-state index contributed by atoms with van der Waals surface area (Å²) in [6.45, 7) is 10.0. The van der Waals surface area contributed by atoms with Gasteiger partial charge in [-0.15, -0.1) is 0 Å². The molecule has 3 aromatic heterocycles. The number of nitrogens with one attached hydrogen (secondary N) is 1. The van der Waals surface area contributed by atoms with Gasteiger partial charge in [0.1, 0.15) is 0 Å². The van der Waals surface area contributed by atoms with Crippen molar-refractivity contribution in [2.45, 2.75) is 27.3 Å². The highest BCUT2D eigenvalue weighted by Gasteiger charge is 2.25. The van der Waals surface area contributed by atoms with Gasteiger partial charge in [-0.3, -0.25) is 4.79 Å². The van der Waals surface area contributed by atoms with Gasteiger partial charge >= 0.3 is 0 Å². The van der Waals surface area contributed by atoms with Gasteiger partial charge in [0, 0.05) is 44.6 Å². The van der Waals surface area contributed by atoms with Crippen LogP contribution in [0.4, 0.5) is 0 Å². The molecule has 1 amide bonds. The van der Waals surface area contributed by atoms with Crippen LogP contribution in [-0.2, 0) is 6.54 Å². The molecule has 0 unspecified atom stereocenters. The molecule has 0 aromatic carbocycles. The van der Waals surface area contributed by atoms with Crippen molar-refractivity contribution in [3.63, 3.8) is 0 Å². The SMILES string of the molecule is CCNC(=NCc1ccc(-n2nc(C)cc2C)nc1)N1CCN(C(=O)c2ccco2)CC1. The van der Waals surface area contributed by atoms with Crippen LogP contribution >= 0.6 is 0 Å². The molecular weight excluding hydrogens is 406 g/mol. The van der Waals surface area contributed by atoms with Gasteiger partial charge in [-0.1, -0.05) is 6.07 Å². The number of amides is 1. The van der Waals surface area contributed by atoms with Crippen LogP contribution in [0.2, 0.25) is 0 Å². The molecule has 9 heteroatoms. The third-order valence-corrected chi connectivity index (χ3v) is 5.38. The molecule has 0 aliphatic carbocycles. The Hall–Kier alpha value is -3.62. The van der Waals surface area contributed by atoms with E-state index in [1.807, 2.05) is 47.8 Å². The molecule has 0 bridgehead atoms. The lowest BCUT2D eigenvalue weighted by atomic mass is 10.2. The number of hydrogen-bond acceptors (Lipinski definition) is 5. The van der Waals surface area contributed by atoms with Crippen molar-refractivity contribution in [3.8, 4) is 5.82 Å². The topological polar surface area (TPSA) is 91.8 Å². The van der Waals surface area contributed by atoms with Crippen LogP contribution < -0.4 is 5.32 Å². The molecule has 32 heavy (non-hydrogen) atoms. The molecule has 1 saturated heterocycles. The van der Waals surface area contributed by atoms with Crippen LogP contribution in [0.1, 0.15) is 34.4 Å². The summed E-state index contributed by atoms with van der Waals surface area (Å²) in [5.41, 5.74) is 3.05. The van der Waals surface area contributed by atoms with Gasteiger partial charge in [-0.2, -0.15) is 5.10 Å². The third kappa shape index (κ3) is 4.82. The number of pyridine rings is 1. The van der Waals surface area contributed by atoms with Crippen molar-refractivity contribution in [1.29, 1.82) is 0 Å². The molecule has 1 fully saturated rings. The molecule has 1 aliphatic heterocycles. The fourth-order valence-electron chi connectivity index (χ4n) is 3.77. The fourth-order valence-corrected chi connectivity index (χ4v) is 3.77. The van der Waals surface area contributed by atoms with Crippen molar-refractivity contribution in [1.82, 2.24) is 29.9 Å². The van der Waals surface area contributed by atoms with Gasteiger partial charge in [-0.25, -0.2) is 14.7 Å². The molecule has 4 heterocycles. The molecule has 0 spiro atoms. The van der Waals surface area contributed by atoms with E-state index >= 15 is 0 Å². The van der Waals surface area contributed by atoms with Crippen molar-refractivity contribution in [2.75, 3.05) is 32.7 Å². The number of furan rings is 1. The maximum Gasteiger partial charge on any atom is 0.289 e. The van der Waals surface area contributed by atoms with Crippen molar-refractivity contribution < 1.29 is 9.21 Å². The summed E-state index contributed by atoms with van der Waals surface area (Å²) < 4.78 is 7.08. The first kappa shape index (κ1) is 21.6. The third-order valence-electron chi connectivity index (χ3n) is 5.38. The zero-order chi connectivity index (χ0) is 22.5. The lowest BCUT2D eigenvalue weighted by molar-refractivity contribution is 0.0657. The summed E-state index contributed by atoms with van der Waals surface area (Å²) in [4.78, 5) is 25.8. The Morgan fingerprint density at radius 3 is 2.53 bits per heavy atom. The number of aliphatic imine (C=N–C) groups is 1. The monoisotopic (exact) mass is 435 g/mol. The number of aryl methyl sites for hydroxylation is 2. The zero-order valence-electron chi connectivity index (χ0n) is 18.8. The lowest BCUT2D eigenvalue weighted by Gasteiger charge is -2.36. The Labute approximate surface area is 187 Å². The minimum atomic E-state index is -0.0645. The van der Waals surface area contributed by atoms with E-state index in [-0.39, 0.29) is 5.91 Å². The molecule has 168 valence electrons.